The van der Waals surface area contributed by atoms with E-state index in [9.17, 15) is 26.4 Å². The third-order valence-electron chi connectivity index (χ3n) is 3.12. The summed E-state index contributed by atoms with van der Waals surface area (Å²) in [7, 11) is -3.80. The molecule has 1 heterocycles. The molecular weight excluding hydrogens is 418 g/mol. The van der Waals surface area contributed by atoms with Gasteiger partial charge in [0.25, 0.3) is 5.91 Å². The van der Waals surface area contributed by atoms with Crippen LogP contribution in [0.4, 0.5) is 18.9 Å². The number of hydrogen-bond acceptors (Lipinski definition) is 5. The minimum absolute atomic E-state index is 0.221. The Morgan fingerprint density at radius 1 is 1.23 bits per heavy atom. The first-order valence-electron chi connectivity index (χ1n) is 6.89. The quantitative estimate of drug-likeness (QED) is 0.748. The SMILES string of the molecule is CCS(=O)(=O)c1ncc(Cl)c(C(=O)Nc2ccc(Cl)c(C(F)(F)F)c2)n1. The van der Waals surface area contributed by atoms with Crippen molar-refractivity contribution in [1.82, 2.24) is 9.97 Å². The maximum absolute atomic E-state index is 12.9. The molecule has 0 aliphatic carbocycles. The number of carbonyl (C=O) groups excluding carboxylic acids is 1. The summed E-state index contributed by atoms with van der Waals surface area (Å²) in [4.78, 5) is 19.4. The molecule has 2 aromatic rings. The summed E-state index contributed by atoms with van der Waals surface area (Å²) in [6.45, 7) is 1.36. The molecule has 0 saturated heterocycles. The minimum Gasteiger partial charge on any atom is -0.321 e. The number of halogens is 5. The van der Waals surface area contributed by atoms with E-state index >= 15 is 0 Å². The van der Waals surface area contributed by atoms with Crippen LogP contribution >= 0.6 is 23.2 Å². The van der Waals surface area contributed by atoms with Crippen LogP contribution in [-0.2, 0) is 16.0 Å². The Hall–Kier alpha value is -1.91. The first-order chi connectivity index (χ1) is 12.0. The smallest absolute Gasteiger partial charge is 0.321 e. The van der Waals surface area contributed by atoms with Crippen LogP contribution in [0.1, 0.15) is 23.0 Å². The van der Waals surface area contributed by atoms with Gasteiger partial charge >= 0.3 is 6.18 Å². The first kappa shape index (κ1) is 20.4. The van der Waals surface area contributed by atoms with Gasteiger partial charge < -0.3 is 5.32 Å². The molecule has 140 valence electrons. The van der Waals surface area contributed by atoms with Crippen molar-refractivity contribution in [3.05, 3.63) is 45.7 Å². The Labute approximate surface area is 156 Å². The van der Waals surface area contributed by atoms with E-state index in [-0.39, 0.29) is 16.5 Å². The third-order valence-corrected chi connectivity index (χ3v) is 5.24. The molecule has 0 aliphatic heterocycles. The maximum Gasteiger partial charge on any atom is 0.417 e. The fourth-order valence-electron chi connectivity index (χ4n) is 1.80. The molecule has 0 bridgehead atoms. The molecule has 0 atom stereocenters. The van der Waals surface area contributed by atoms with E-state index in [1.165, 1.54) is 6.92 Å². The van der Waals surface area contributed by atoms with Crippen LogP contribution < -0.4 is 5.32 Å². The van der Waals surface area contributed by atoms with Gasteiger partial charge in [0.2, 0.25) is 15.0 Å². The minimum atomic E-state index is -4.72. The van der Waals surface area contributed by atoms with Gasteiger partial charge in [0.15, 0.2) is 5.69 Å². The molecule has 0 radical (unpaired) electrons. The van der Waals surface area contributed by atoms with Gasteiger partial charge in [-0.15, -0.1) is 0 Å². The standard InChI is InChI=1S/C14H10Cl2F3N3O3S/c1-2-26(24,25)13-20-6-10(16)11(22-13)12(23)21-7-3-4-9(15)8(5-7)14(17,18)19/h3-6H,2H2,1H3,(H,21,23). The highest BCUT2D eigenvalue weighted by Gasteiger charge is 2.33. The number of hydrogen-bond donors (Lipinski definition) is 1. The predicted molar refractivity (Wildman–Crippen MR) is 89.2 cm³/mol. The zero-order valence-electron chi connectivity index (χ0n) is 12.9. The molecule has 0 unspecified atom stereocenters. The molecule has 0 spiro atoms. The number of amides is 1. The van der Waals surface area contributed by atoms with Gasteiger partial charge in [0, 0.05) is 5.69 Å². The molecular formula is C14H10Cl2F3N3O3S. The predicted octanol–water partition coefficient (Wildman–Crippen LogP) is 3.85. The lowest BCUT2D eigenvalue weighted by Crippen LogP contribution is -2.18. The zero-order chi connectivity index (χ0) is 19.7. The van der Waals surface area contributed by atoms with Crippen molar-refractivity contribution >= 4 is 44.6 Å². The Morgan fingerprint density at radius 3 is 2.46 bits per heavy atom. The van der Waals surface area contributed by atoms with Crippen molar-refractivity contribution in [2.24, 2.45) is 0 Å². The van der Waals surface area contributed by atoms with E-state index in [1.807, 2.05) is 0 Å². The Morgan fingerprint density at radius 2 is 1.88 bits per heavy atom. The monoisotopic (exact) mass is 427 g/mol. The van der Waals surface area contributed by atoms with E-state index in [0.717, 1.165) is 18.3 Å². The average molecular weight is 428 g/mol. The van der Waals surface area contributed by atoms with Gasteiger partial charge in [-0.3, -0.25) is 4.79 Å². The molecule has 1 amide bonds. The number of carbonyl (C=O) groups is 1. The van der Waals surface area contributed by atoms with Gasteiger partial charge in [0.1, 0.15) is 0 Å². The van der Waals surface area contributed by atoms with Gasteiger partial charge in [-0.2, -0.15) is 13.2 Å². The lowest BCUT2D eigenvalue weighted by Gasteiger charge is -2.12. The van der Waals surface area contributed by atoms with Crippen LogP contribution in [0.5, 0.6) is 0 Å². The van der Waals surface area contributed by atoms with Crippen LogP contribution in [0, 0.1) is 0 Å². The zero-order valence-corrected chi connectivity index (χ0v) is 15.3. The lowest BCUT2D eigenvalue weighted by molar-refractivity contribution is -0.137. The van der Waals surface area contributed by atoms with Crippen LogP contribution in [0.15, 0.2) is 29.6 Å². The highest BCUT2D eigenvalue weighted by Crippen LogP contribution is 2.36. The van der Waals surface area contributed by atoms with E-state index in [4.69, 9.17) is 23.2 Å². The lowest BCUT2D eigenvalue weighted by atomic mass is 10.2. The van der Waals surface area contributed by atoms with E-state index < -0.39 is 43.4 Å². The van der Waals surface area contributed by atoms with Crippen LogP contribution in [0.25, 0.3) is 0 Å². The van der Waals surface area contributed by atoms with E-state index in [2.05, 4.69) is 15.3 Å². The van der Waals surface area contributed by atoms with E-state index in [0.29, 0.717) is 6.07 Å². The second kappa shape index (κ2) is 7.37. The van der Waals surface area contributed by atoms with Crippen LogP contribution in [0.2, 0.25) is 10.0 Å². The van der Waals surface area contributed by atoms with Crippen molar-refractivity contribution in [3.8, 4) is 0 Å². The Balaban J connectivity index is 2.38. The number of benzene rings is 1. The van der Waals surface area contributed by atoms with Crippen molar-refractivity contribution in [2.45, 2.75) is 18.3 Å². The van der Waals surface area contributed by atoms with Crippen molar-refractivity contribution in [1.29, 1.82) is 0 Å². The summed E-state index contributed by atoms with van der Waals surface area (Å²) in [6.07, 6.45) is -3.79. The molecule has 1 aromatic heterocycles. The van der Waals surface area contributed by atoms with Crippen molar-refractivity contribution < 1.29 is 26.4 Å². The molecule has 2 rings (SSSR count). The van der Waals surface area contributed by atoms with E-state index in [1.54, 1.807) is 0 Å². The summed E-state index contributed by atoms with van der Waals surface area (Å²) in [6, 6.07) is 2.75. The first-order valence-corrected chi connectivity index (χ1v) is 9.30. The molecule has 6 nitrogen and oxygen atoms in total. The number of rotatable bonds is 4. The van der Waals surface area contributed by atoms with Crippen molar-refractivity contribution in [3.63, 3.8) is 0 Å². The fourth-order valence-corrected chi connectivity index (χ4v) is 2.90. The maximum atomic E-state index is 12.9. The molecule has 1 aromatic carbocycles. The summed E-state index contributed by atoms with van der Waals surface area (Å²) in [5, 5.41) is 0.762. The third kappa shape index (κ3) is 4.43. The molecule has 12 heteroatoms. The number of aromatic nitrogens is 2. The van der Waals surface area contributed by atoms with Gasteiger partial charge in [-0.1, -0.05) is 30.1 Å². The Kier molecular flexibility index (Phi) is 5.79. The van der Waals surface area contributed by atoms with Crippen LogP contribution in [-0.4, -0.2) is 30.0 Å². The van der Waals surface area contributed by atoms with Gasteiger partial charge in [-0.05, 0) is 18.2 Å². The summed E-state index contributed by atoms with van der Waals surface area (Å²) in [5.74, 6) is -1.30. The Bertz CT molecular complexity index is 966. The van der Waals surface area contributed by atoms with Crippen molar-refractivity contribution in [2.75, 3.05) is 11.1 Å². The number of sulfone groups is 1. The second-order valence-corrected chi connectivity index (χ2v) is 7.89. The molecule has 0 fully saturated rings. The summed E-state index contributed by atoms with van der Waals surface area (Å²) < 4.78 is 62.2. The average Bonchev–Trinajstić information content (AvgIpc) is 2.55. The summed E-state index contributed by atoms with van der Waals surface area (Å²) >= 11 is 11.3. The second-order valence-electron chi connectivity index (χ2n) is 4.90. The topological polar surface area (TPSA) is 89.0 Å². The summed E-state index contributed by atoms with van der Waals surface area (Å²) in [5.41, 5.74) is -1.85. The fraction of sp³-hybridized carbons (Fsp3) is 0.214. The number of anilines is 1. The number of alkyl halides is 3. The molecule has 26 heavy (non-hydrogen) atoms. The number of nitrogens with one attached hydrogen (secondary N) is 1. The normalized spacial score (nSPS) is 12.1. The highest BCUT2D eigenvalue weighted by atomic mass is 35.5. The van der Waals surface area contributed by atoms with Crippen LogP contribution in [0.3, 0.4) is 0 Å². The van der Waals surface area contributed by atoms with Gasteiger partial charge in [-0.25, -0.2) is 18.4 Å². The molecule has 1 N–H and O–H groups in total. The largest absolute Gasteiger partial charge is 0.417 e. The molecule has 0 saturated carbocycles. The highest BCUT2D eigenvalue weighted by molar-refractivity contribution is 7.91. The number of nitrogens with zero attached hydrogens (tertiary/aromatic N) is 2. The van der Waals surface area contributed by atoms with Gasteiger partial charge in [0.05, 0.1) is 27.6 Å². The molecule has 0 aliphatic rings.